The minimum Gasteiger partial charge on any atom is -0.212 e. The Morgan fingerprint density at radius 1 is 1.60 bits per heavy atom. The molecule has 0 saturated carbocycles. The third-order valence-corrected chi connectivity index (χ3v) is 2.96. The lowest BCUT2D eigenvalue weighted by Gasteiger charge is -2.11. The number of terminal acetylenes is 1. The Hall–Kier alpha value is -0.530. The van der Waals surface area contributed by atoms with Crippen LogP contribution in [0.2, 0.25) is 0 Å². The number of sulfonamides is 1. The molecular weight excluding hydrogens is 150 g/mol. The van der Waals surface area contributed by atoms with Crippen molar-refractivity contribution in [2.24, 2.45) is 0 Å². The molecule has 0 aliphatic carbocycles. The molecule has 0 atom stereocenters. The highest BCUT2D eigenvalue weighted by molar-refractivity contribution is 7.89. The second-order valence-corrected chi connectivity index (χ2v) is 4.23. The average Bonchev–Trinajstić information content (AvgIpc) is 1.89. The van der Waals surface area contributed by atoms with Crippen LogP contribution >= 0.6 is 0 Å². The first-order valence-corrected chi connectivity index (χ1v) is 4.53. The molecule has 0 aromatic heterocycles. The zero-order valence-corrected chi connectivity index (χ0v) is 6.98. The first-order chi connectivity index (χ1) is 4.54. The fraction of sp³-hybridized carbons (Fsp3) is 0.667. The molecule has 58 valence electrons. The number of hydrogen-bond acceptors (Lipinski definition) is 2. The Bertz CT molecular complexity index is 225. The van der Waals surface area contributed by atoms with Crippen molar-refractivity contribution in [2.75, 3.05) is 19.3 Å². The fourth-order valence-corrected chi connectivity index (χ4v) is 1.16. The summed E-state index contributed by atoms with van der Waals surface area (Å²) in [7, 11) is -1.60. The maximum Gasteiger partial charge on any atom is 0.214 e. The van der Waals surface area contributed by atoms with Crippen LogP contribution in [0.3, 0.4) is 0 Å². The summed E-state index contributed by atoms with van der Waals surface area (Å²) in [5.74, 6) is 2.36. The van der Waals surface area contributed by atoms with Crippen molar-refractivity contribution in [1.82, 2.24) is 4.31 Å². The smallest absolute Gasteiger partial charge is 0.212 e. The molecule has 0 heterocycles. The summed E-state index contributed by atoms with van der Waals surface area (Å²) in [5.41, 5.74) is 0. The summed E-state index contributed by atoms with van der Waals surface area (Å²) in [6, 6.07) is 0. The van der Waals surface area contributed by atoms with Crippen LogP contribution in [0.5, 0.6) is 0 Å². The Kier molecular flexibility index (Phi) is 3.40. The van der Waals surface area contributed by atoms with Gasteiger partial charge in [-0.15, -0.1) is 6.42 Å². The Balaban J connectivity index is 4.23. The molecule has 0 aromatic carbocycles. The Morgan fingerprint density at radius 2 is 2.10 bits per heavy atom. The lowest BCUT2D eigenvalue weighted by Crippen LogP contribution is -2.28. The first-order valence-electron chi connectivity index (χ1n) is 2.92. The highest BCUT2D eigenvalue weighted by atomic mass is 32.2. The van der Waals surface area contributed by atoms with E-state index in [0.29, 0.717) is 0 Å². The van der Waals surface area contributed by atoms with Crippen LogP contribution in [0.1, 0.15) is 6.92 Å². The molecule has 3 nitrogen and oxygen atoms in total. The summed E-state index contributed by atoms with van der Waals surface area (Å²) in [6.45, 7) is 1.73. The van der Waals surface area contributed by atoms with E-state index in [-0.39, 0.29) is 12.3 Å². The maximum absolute atomic E-state index is 10.9. The third-order valence-electron chi connectivity index (χ3n) is 1.15. The number of rotatable bonds is 3. The summed E-state index contributed by atoms with van der Waals surface area (Å²) < 4.78 is 23.0. The fourth-order valence-electron chi connectivity index (χ4n) is 0.447. The molecule has 0 aliphatic rings. The molecule has 0 saturated heterocycles. The first kappa shape index (κ1) is 9.47. The molecule has 0 aliphatic heterocycles. The van der Waals surface area contributed by atoms with Crippen molar-refractivity contribution >= 4 is 10.0 Å². The van der Waals surface area contributed by atoms with Gasteiger partial charge in [-0.1, -0.05) is 5.92 Å². The van der Waals surface area contributed by atoms with E-state index in [1.54, 1.807) is 6.92 Å². The van der Waals surface area contributed by atoms with Gasteiger partial charge in [0.05, 0.1) is 12.3 Å². The van der Waals surface area contributed by atoms with Gasteiger partial charge in [0.1, 0.15) is 0 Å². The summed E-state index contributed by atoms with van der Waals surface area (Å²) in [6.07, 6.45) is 4.92. The van der Waals surface area contributed by atoms with E-state index in [2.05, 4.69) is 5.92 Å². The average molecular weight is 161 g/mol. The van der Waals surface area contributed by atoms with Gasteiger partial charge in [0, 0.05) is 7.05 Å². The Morgan fingerprint density at radius 3 is 2.40 bits per heavy atom. The molecule has 10 heavy (non-hydrogen) atoms. The minimum atomic E-state index is -3.07. The zero-order chi connectivity index (χ0) is 8.20. The molecule has 4 heteroatoms. The lowest BCUT2D eigenvalue weighted by atomic mass is 10.7. The van der Waals surface area contributed by atoms with Crippen LogP contribution in [-0.4, -0.2) is 32.1 Å². The van der Waals surface area contributed by atoms with Crippen LogP contribution in [0, 0.1) is 12.3 Å². The molecule has 0 radical (unpaired) electrons. The van der Waals surface area contributed by atoms with Gasteiger partial charge in [0.2, 0.25) is 10.0 Å². The van der Waals surface area contributed by atoms with E-state index in [4.69, 9.17) is 6.42 Å². The third kappa shape index (κ3) is 2.38. The molecule has 0 spiro atoms. The van der Waals surface area contributed by atoms with Crippen LogP contribution in [0.15, 0.2) is 0 Å². The molecule has 0 unspecified atom stereocenters. The van der Waals surface area contributed by atoms with Crippen LogP contribution in [-0.2, 0) is 10.0 Å². The molecule has 0 rings (SSSR count). The van der Waals surface area contributed by atoms with E-state index in [1.807, 2.05) is 0 Å². The molecular formula is C6H11NO2S. The zero-order valence-electron chi connectivity index (χ0n) is 6.16. The van der Waals surface area contributed by atoms with Crippen molar-refractivity contribution in [3.63, 3.8) is 0 Å². The van der Waals surface area contributed by atoms with E-state index < -0.39 is 10.0 Å². The summed E-state index contributed by atoms with van der Waals surface area (Å²) >= 11 is 0. The highest BCUT2D eigenvalue weighted by Gasteiger charge is 2.12. The largest absolute Gasteiger partial charge is 0.214 e. The van der Waals surface area contributed by atoms with Crippen LogP contribution < -0.4 is 0 Å². The van der Waals surface area contributed by atoms with E-state index in [0.717, 1.165) is 4.31 Å². The van der Waals surface area contributed by atoms with Crippen molar-refractivity contribution < 1.29 is 8.42 Å². The highest BCUT2D eigenvalue weighted by Crippen LogP contribution is 1.94. The van der Waals surface area contributed by atoms with Crippen molar-refractivity contribution in [3.05, 3.63) is 0 Å². The quantitative estimate of drug-likeness (QED) is 0.542. The lowest BCUT2D eigenvalue weighted by molar-refractivity contribution is 0.504. The Labute approximate surface area is 62.1 Å². The van der Waals surface area contributed by atoms with Crippen molar-refractivity contribution in [3.8, 4) is 12.3 Å². The molecule has 0 bridgehead atoms. The maximum atomic E-state index is 10.9. The second-order valence-electron chi connectivity index (χ2n) is 1.86. The van der Waals surface area contributed by atoms with Crippen LogP contribution in [0.4, 0.5) is 0 Å². The normalized spacial score (nSPS) is 11.4. The molecule has 0 N–H and O–H groups in total. The monoisotopic (exact) mass is 161 g/mol. The van der Waals surface area contributed by atoms with Gasteiger partial charge in [0.25, 0.3) is 0 Å². The van der Waals surface area contributed by atoms with E-state index in [9.17, 15) is 8.42 Å². The van der Waals surface area contributed by atoms with Crippen molar-refractivity contribution in [1.29, 1.82) is 0 Å². The van der Waals surface area contributed by atoms with Gasteiger partial charge in [0.15, 0.2) is 0 Å². The van der Waals surface area contributed by atoms with Gasteiger partial charge in [-0.25, -0.2) is 8.42 Å². The molecule has 0 amide bonds. The predicted molar refractivity (Wildman–Crippen MR) is 40.9 cm³/mol. The van der Waals surface area contributed by atoms with Crippen LogP contribution in [0.25, 0.3) is 0 Å². The summed E-state index contributed by atoms with van der Waals surface area (Å²) in [4.78, 5) is 0. The predicted octanol–water partition coefficient (Wildman–Crippen LogP) is -0.0989. The summed E-state index contributed by atoms with van der Waals surface area (Å²) in [5, 5.41) is 0. The molecule has 0 fully saturated rings. The van der Waals surface area contributed by atoms with Gasteiger partial charge in [-0.05, 0) is 6.92 Å². The minimum absolute atomic E-state index is 0.102. The second kappa shape index (κ2) is 3.59. The SMILES string of the molecule is C#CCN(C)S(=O)(=O)CC. The van der Waals surface area contributed by atoms with Gasteiger partial charge >= 0.3 is 0 Å². The topological polar surface area (TPSA) is 37.4 Å². The van der Waals surface area contributed by atoms with E-state index >= 15 is 0 Å². The van der Waals surface area contributed by atoms with Crippen molar-refractivity contribution in [2.45, 2.75) is 6.92 Å². The van der Waals surface area contributed by atoms with E-state index in [1.165, 1.54) is 7.05 Å². The van der Waals surface area contributed by atoms with Gasteiger partial charge < -0.3 is 0 Å². The number of hydrogen-bond donors (Lipinski definition) is 0. The van der Waals surface area contributed by atoms with Gasteiger partial charge in [-0.2, -0.15) is 4.31 Å². The number of nitrogens with zero attached hydrogens (tertiary/aromatic N) is 1. The standard InChI is InChI=1S/C6H11NO2S/c1-4-6-7(3)10(8,9)5-2/h1H,5-6H2,2-3H3. The van der Waals surface area contributed by atoms with Gasteiger partial charge in [-0.3, -0.25) is 0 Å². The molecule has 0 aromatic rings.